The van der Waals surface area contributed by atoms with Gasteiger partial charge in [0.2, 0.25) is 0 Å². The number of halogens is 2. The summed E-state index contributed by atoms with van der Waals surface area (Å²) in [5.41, 5.74) is 0.918. The minimum absolute atomic E-state index is 0.0138. The van der Waals surface area contributed by atoms with Gasteiger partial charge in [-0.3, -0.25) is 0 Å². The second kappa shape index (κ2) is 7.13. The maximum absolute atomic E-state index is 13.2. The first-order valence-corrected chi connectivity index (χ1v) is 8.98. The van der Waals surface area contributed by atoms with Crippen LogP contribution in [0.3, 0.4) is 0 Å². The number of ether oxygens (including phenoxy) is 1. The molecule has 3 aromatic rings. The van der Waals surface area contributed by atoms with Crippen LogP contribution in [0.25, 0.3) is 0 Å². The van der Waals surface area contributed by atoms with Crippen molar-refractivity contribution >= 4 is 10.1 Å². The Balaban J connectivity index is 1.82. The molecular weight excluding hydrogens is 362 g/mol. The van der Waals surface area contributed by atoms with E-state index in [9.17, 15) is 17.2 Å². The minimum atomic E-state index is -4.01. The van der Waals surface area contributed by atoms with Gasteiger partial charge in [-0.15, -0.1) is 0 Å². The molecule has 0 saturated heterocycles. The molecule has 26 heavy (non-hydrogen) atoms. The zero-order chi connectivity index (χ0) is 18.7. The summed E-state index contributed by atoms with van der Waals surface area (Å²) in [4.78, 5) is 0.0154. The molecule has 0 atom stereocenters. The van der Waals surface area contributed by atoms with Gasteiger partial charge in [-0.1, -0.05) is 23.8 Å². The van der Waals surface area contributed by atoms with Crippen LogP contribution < -0.4 is 8.92 Å². The summed E-state index contributed by atoms with van der Waals surface area (Å²) in [6, 6.07) is 14.7. The SMILES string of the molecule is Cc1ccc(S(=O)(=O)Oc2cccc(Oc3cc(F)cc(F)c3)c2)cc1. The Morgan fingerprint density at radius 3 is 2.04 bits per heavy atom. The quantitative estimate of drug-likeness (QED) is 0.599. The van der Waals surface area contributed by atoms with E-state index in [1.54, 1.807) is 12.1 Å². The fourth-order valence-corrected chi connectivity index (χ4v) is 3.12. The molecule has 4 nitrogen and oxygen atoms in total. The van der Waals surface area contributed by atoms with E-state index in [0.717, 1.165) is 23.8 Å². The molecule has 0 unspecified atom stereocenters. The first-order valence-electron chi connectivity index (χ1n) is 7.57. The molecule has 0 aliphatic heterocycles. The topological polar surface area (TPSA) is 52.6 Å². The standard InChI is InChI=1S/C19H14F2O4S/c1-13-5-7-19(8-6-13)26(22,23)25-17-4-2-3-16(12-17)24-18-10-14(20)9-15(21)11-18/h2-12H,1H3. The molecule has 3 rings (SSSR count). The molecule has 0 aliphatic carbocycles. The van der Waals surface area contributed by atoms with Gasteiger partial charge in [-0.05, 0) is 31.2 Å². The zero-order valence-corrected chi connectivity index (χ0v) is 14.5. The Labute approximate surface area is 149 Å². The van der Waals surface area contributed by atoms with Gasteiger partial charge in [0, 0.05) is 24.3 Å². The molecule has 0 aliphatic rings. The Hall–Kier alpha value is -2.93. The van der Waals surface area contributed by atoms with E-state index in [2.05, 4.69) is 0 Å². The van der Waals surface area contributed by atoms with Gasteiger partial charge in [0.05, 0.1) is 0 Å². The molecule has 0 aromatic heterocycles. The van der Waals surface area contributed by atoms with E-state index in [1.807, 2.05) is 6.92 Å². The van der Waals surface area contributed by atoms with Crippen molar-refractivity contribution in [1.29, 1.82) is 0 Å². The highest BCUT2D eigenvalue weighted by molar-refractivity contribution is 7.87. The Kier molecular flexibility index (Phi) is 4.90. The van der Waals surface area contributed by atoms with Crippen molar-refractivity contribution in [1.82, 2.24) is 0 Å². The summed E-state index contributed by atoms with van der Waals surface area (Å²) >= 11 is 0. The summed E-state index contributed by atoms with van der Waals surface area (Å²) in [6.45, 7) is 1.84. The van der Waals surface area contributed by atoms with Gasteiger partial charge in [-0.25, -0.2) is 8.78 Å². The van der Waals surface area contributed by atoms with Gasteiger partial charge in [-0.2, -0.15) is 8.42 Å². The first kappa shape index (κ1) is 17.9. The number of rotatable bonds is 5. The van der Waals surface area contributed by atoms with E-state index >= 15 is 0 Å². The number of aryl methyl sites for hydroxylation is 1. The third-order valence-electron chi connectivity index (χ3n) is 3.39. The lowest BCUT2D eigenvalue weighted by Crippen LogP contribution is -2.09. The van der Waals surface area contributed by atoms with Crippen molar-refractivity contribution in [3.63, 3.8) is 0 Å². The van der Waals surface area contributed by atoms with Crippen LogP contribution >= 0.6 is 0 Å². The average Bonchev–Trinajstić information content (AvgIpc) is 2.54. The minimum Gasteiger partial charge on any atom is -0.457 e. The van der Waals surface area contributed by atoms with Crippen LogP contribution in [0, 0.1) is 18.6 Å². The van der Waals surface area contributed by atoms with Crippen LogP contribution in [0.2, 0.25) is 0 Å². The zero-order valence-electron chi connectivity index (χ0n) is 13.6. The van der Waals surface area contributed by atoms with E-state index in [1.165, 1.54) is 36.4 Å². The van der Waals surface area contributed by atoms with Crippen LogP contribution in [0.15, 0.2) is 71.6 Å². The maximum atomic E-state index is 13.2. The molecule has 134 valence electrons. The lowest BCUT2D eigenvalue weighted by atomic mass is 10.2. The third-order valence-corrected chi connectivity index (χ3v) is 4.65. The van der Waals surface area contributed by atoms with Gasteiger partial charge < -0.3 is 8.92 Å². The number of hydrogen-bond donors (Lipinski definition) is 0. The normalized spacial score (nSPS) is 11.2. The smallest absolute Gasteiger partial charge is 0.339 e. The summed E-state index contributed by atoms with van der Waals surface area (Å²) in [7, 11) is -4.01. The predicted molar refractivity (Wildman–Crippen MR) is 91.9 cm³/mol. The van der Waals surface area contributed by atoms with E-state index < -0.39 is 21.8 Å². The highest BCUT2D eigenvalue weighted by atomic mass is 32.2. The maximum Gasteiger partial charge on any atom is 0.339 e. The lowest BCUT2D eigenvalue weighted by Gasteiger charge is -2.10. The van der Waals surface area contributed by atoms with E-state index in [0.29, 0.717) is 0 Å². The largest absolute Gasteiger partial charge is 0.457 e. The van der Waals surface area contributed by atoms with Crippen LogP contribution in [0.5, 0.6) is 17.2 Å². The van der Waals surface area contributed by atoms with Crippen molar-refractivity contribution in [3.8, 4) is 17.2 Å². The predicted octanol–water partition coefficient (Wildman–Crippen LogP) is 4.83. The summed E-state index contributed by atoms with van der Waals surface area (Å²) in [5.74, 6) is -1.43. The van der Waals surface area contributed by atoms with E-state index in [-0.39, 0.29) is 22.1 Å². The second-order valence-electron chi connectivity index (χ2n) is 5.53. The summed E-state index contributed by atoms with van der Waals surface area (Å²) in [5, 5.41) is 0. The van der Waals surface area contributed by atoms with Crippen molar-refractivity contribution in [2.75, 3.05) is 0 Å². The van der Waals surface area contributed by atoms with Gasteiger partial charge in [0.1, 0.15) is 33.8 Å². The molecule has 0 radical (unpaired) electrons. The number of hydrogen-bond acceptors (Lipinski definition) is 4. The van der Waals surface area contributed by atoms with Gasteiger partial charge in [0.25, 0.3) is 0 Å². The Morgan fingerprint density at radius 2 is 1.38 bits per heavy atom. The van der Waals surface area contributed by atoms with Crippen molar-refractivity contribution in [2.45, 2.75) is 11.8 Å². The van der Waals surface area contributed by atoms with Crippen molar-refractivity contribution < 1.29 is 26.1 Å². The van der Waals surface area contributed by atoms with Crippen LogP contribution in [0.4, 0.5) is 8.78 Å². The highest BCUT2D eigenvalue weighted by Crippen LogP contribution is 2.28. The molecule has 0 amide bonds. The molecule has 0 bridgehead atoms. The highest BCUT2D eigenvalue weighted by Gasteiger charge is 2.16. The fraction of sp³-hybridized carbons (Fsp3) is 0.0526. The third kappa shape index (κ3) is 4.37. The van der Waals surface area contributed by atoms with Gasteiger partial charge >= 0.3 is 10.1 Å². The number of benzene rings is 3. The molecule has 3 aromatic carbocycles. The van der Waals surface area contributed by atoms with E-state index in [4.69, 9.17) is 8.92 Å². The molecule has 0 N–H and O–H groups in total. The average molecular weight is 376 g/mol. The monoisotopic (exact) mass is 376 g/mol. The summed E-state index contributed by atoms with van der Waals surface area (Å²) in [6.07, 6.45) is 0. The molecule has 7 heteroatoms. The molecule has 0 heterocycles. The molecule has 0 fully saturated rings. The molecule has 0 saturated carbocycles. The fourth-order valence-electron chi connectivity index (χ4n) is 2.19. The molecule has 0 spiro atoms. The van der Waals surface area contributed by atoms with Crippen molar-refractivity contribution in [2.24, 2.45) is 0 Å². The Morgan fingerprint density at radius 1 is 0.769 bits per heavy atom. The molecular formula is C19H14F2O4S. The lowest BCUT2D eigenvalue weighted by molar-refractivity contribution is 0.460. The van der Waals surface area contributed by atoms with Crippen LogP contribution in [0.1, 0.15) is 5.56 Å². The second-order valence-corrected chi connectivity index (χ2v) is 7.08. The Bertz CT molecular complexity index is 1010. The van der Waals surface area contributed by atoms with Crippen molar-refractivity contribution in [3.05, 3.63) is 83.9 Å². The van der Waals surface area contributed by atoms with Gasteiger partial charge in [0.15, 0.2) is 0 Å². The van der Waals surface area contributed by atoms with Crippen LogP contribution in [-0.2, 0) is 10.1 Å². The van der Waals surface area contributed by atoms with Crippen LogP contribution in [-0.4, -0.2) is 8.42 Å². The summed E-state index contributed by atoms with van der Waals surface area (Å²) < 4.78 is 61.5. The first-order chi connectivity index (χ1) is 12.3.